The number of anilines is 1. The summed E-state index contributed by atoms with van der Waals surface area (Å²) in [4.78, 5) is 0. The molecule has 1 unspecified atom stereocenters. The molecule has 0 radical (unpaired) electrons. The maximum atomic E-state index is 5.78. The summed E-state index contributed by atoms with van der Waals surface area (Å²) in [6.45, 7) is 9.59. The minimum atomic E-state index is -0.116. The molecule has 3 rings (SSSR count). The third-order valence-electron chi connectivity index (χ3n) is 3.81. The van der Waals surface area contributed by atoms with Crippen LogP contribution in [0.15, 0.2) is 42.5 Å². The minimum Gasteiger partial charge on any atom is -0.375 e. The topological polar surface area (TPSA) is 64.3 Å². The van der Waals surface area contributed by atoms with Crippen LogP contribution in [0.2, 0.25) is 0 Å². The van der Waals surface area contributed by atoms with Crippen molar-refractivity contribution in [1.29, 1.82) is 0 Å². The predicted octanol–water partition coefficient (Wildman–Crippen LogP) is 3.44. The highest BCUT2D eigenvalue weighted by Crippen LogP contribution is 2.20. The minimum absolute atomic E-state index is 0.116. The van der Waals surface area contributed by atoms with E-state index in [2.05, 4.69) is 60.4 Å². The van der Waals surface area contributed by atoms with Crippen molar-refractivity contribution < 1.29 is 4.74 Å². The fraction of sp³-hybridized carbons (Fsp3) is 0.421. The van der Waals surface area contributed by atoms with Gasteiger partial charge in [-0.1, -0.05) is 51.1 Å². The molecule has 0 bridgehead atoms. The van der Waals surface area contributed by atoms with Gasteiger partial charge in [0.25, 0.3) is 0 Å². The normalized spacial score (nSPS) is 13.1. The molecule has 132 valence electrons. The van der Waals surface area contributed by atoms with Crippen LogP contribution in [0.3, 0.4) is 0 Å². The molecule has 6 heteroatoms. The Kier molecular flexibility index (Phi) is 4.99. The molecular formula is C19H25N5O. The average molecular weight is 339 g/mol. The molecule has 6 nitrogen and oxygen atoms in total. The van der Waals surface area contributed by atoms with Gasteiger partial charge in [0.1, 0.15) is 5.82 Å². The van der Waals surface area contributed by atoms with Crippen LogP contribution in [0.5, 0.6) is 0 Å². The Morgan fingerprint density at radius 1 is 1.08 bits per heavy atom. The van der Waals surface area contributed by atoms with Crippen LogP contribution in [0.1, 0.15) is 39.1 Å². The fourth-order valence-corrected chi connectivity index (χ4v) is 2.56. The van der Waals surface area contributed by atoms with Crippen molar-refractivity contribution in [2.75, 3.05) is 11.9 Å². The Morgan fingerprint density at radius 2 is 1.84 bits per heavy atom. The van der Waals surface area contributed by atoms with Crippen LogP contribution >= 0.6 is 0 Å². The maximum Gasteiger partial charge on any atom is 0.178 e. The zero-order chi connectivity index (χ0) is 17.9. The molecule has 0 aliphatic rings. The molecule has 0 aliphatic carbocycles. The number of hydrogen-bond acceptors (Lipinski definition) is 5. The number of rotatable bonds is 6. The van der Waals surface area contributed by atoms with Crippen molar-refractivity contribution in [3.8, 4) is 0 Å². The largest absolute Gasteiger partial charge is 0.375 e. The van der Waals surface area contributed by atoms with E-state index in [-0.39, 0.29) is 11.5 Å². The number of hydrogen-bond donors (Lipinski definition) is 1. The molecule has 1 atom stereocenters. The summed E-state index contributed by atoms with van der Waals surface area (Å²) in [5.74, 6) is 1.63. The SMILES string of the molecule is CC(COCc1ccccc1)Nc1ccc2nnc(C(C)(C)C)n2n1. The smallest absolute Gasteiger partial charge is 0.178 e. The zero-order valence-corrected chi connectivity index (χ0v) is 15.2. The van der Waals surface area contributed by atoms with E-state index < -0.39 is 0 Å². The fourth-order valence-electron chi connectivity index (χ4n) is 2.56. The van der Waals surface area contributed by atoms with Crippen molar-refractivity contribution in [2.45, 2.75) is 45.8 Å². The first-order chi connectivity index (χ1) is 11.9. The molecule has 2 aromatic heterocycles. The number of ether oxygens (including phenoxy) is 1. The molecule has 25 heavy (non-hydrogen) atoms. The first kappa shape index (κ1) is 17.4. The second kappa shape index (κ2) is 7.19. The number of fused-ring (bicyclic) bond motifs is 1. The van der Waals surface area contributed by atoms with Gasteiger partial charge in [0, 0.05) is 11.5 Å². The lowest BCUT2D eigenvalue weighted by molar-refractivity contribution is 0.115. The summed E-state index contributed by atoms with van der Waals surface area (Å²) < 4.78 is 7.59. The lowest BCUT2D eigenvalue weighted by Crippen LogP contribution is -2.23. The number of benzene rings is 1. The van der Waals surface area contributed by atoms with Gasteiger partial charge in [-0.15, -0.1) is 15.3 Å². The molecule has 1 aromatic carbocycles. The Hall–Kier alpha value is -2.47. The molecule has 2 heterocycles. The second-order valence-electron chi connectivity index (χ2n) is 7.31. The summed E-state index contributed by atoms with van der Waals surface area (Å²) in [6.07, 6.45) is 0. The van der Waals surface area contributed by atoms with Crippen molar-refractivity contribution in [3.63, 3.8) is 0 Å². The van der Waals surface area contributed by atoms with Gasteiger partial charge in [-0.05, 0) is 24.6 Å². The lowest BCUT2D eigenvalue weighted by Gasteiger charge is -2.17. The highest BCUT2D eigenvalue weighted by molar-refractivity contribution is 5.44. The van der Waals surface area contributed by atoms with E-state index in [1.165, 1.54) is 5.56 Å². The highest BCUT2D eigenvalue weighted by atomic mass is 16.5. The van der Waals surface area contributed by atoms with Crippen molar-refractivity contribution in [1.82, 2.24) is 19.8 Å². The van der Waals surface area contributed by atoms with Crippen LogP contribution in [-0.2, 0) is 16.8 Å². The van der Waals surface area contributed by atoms with Crippen molar-refractivity contribution in [2.24, 2.45) is 0 Å². The van der Waals surface area contributed by atoms with E-state index in [9.17, 15) is 0 Å². The summed E-state index contributed by atoms with van der Waals surface area (Å²) in [6, 6.07) is 14.2. The number of nitrogens with zero attached hydrogens (tertiary/aromatic N) is 4. The third-order valence-corrected chi connectivity index (χ3v) is 3.81. The van der Waals surface area contributed by atoms with Gasteiger partial charge in [0.05, 0.1) is 13.2 Å². The summed E-state index contributed by atoms with van der Waals surface area (Å²) in [5, 5.41) is 16.5. The standard InChI is InChI=1S/C19H25N5O/c1-14(12-25-13-15-8-6-5-7-9-15)20-16-10-11-17-21-22-18(19(2,3)4)24(17)23-16/h5-11,14H,12-13H2,1-4H3,(H,20,23). The van der Waals surface area contributed by atoms with Gasteiger partial charge < -0.3 is 10.1 Å². The number of nitrogens with one attached hydrogen (secondary N) is 1. The van der Waals surface area contributed by atoms with Gasteiger partial charge in [-0.25, -0.2) is 0 Å². The van der Waals surface area contributed by atoms with E-state index in [1.54, 1.807) is 4.52 Å². The third kappa shape index (κ3) is 4.33. The molecule has 3 aromatic rings. The van der Waals surface area contributed by atoms with E-state index in [0.717, 1.165) is 17.3 Å². The molecule has 0 saturated carbocycles. The van der Waals surface area contributed by atoms with Crippen LogP contribution in [-0.4, -0.2) is 32.5 Å². The highest BCUT2D eigenvalue weighted by Gasteiger charge is 2.21. The van der Waals surface area contributed by atoms with Crippen LogP contribution < -0.4 is 5.32 Å². The van der Waals surface area contributed by atoms with Crippen molar-refractivity contribution in [3.05, 3.63) is 53.9 Å². The molecule has 0 aliphatic heterocycles. The summed E-state index contributed by atoms with van der Waals surface area (Å²) in [7, 11) is 0. The van der Waals surface area contributed by atoms with Crippen LogP contribution in [0.4, 0.5) is 5.82 Å². The van der Waals surface area contributed by atoms with Crippen LogP contribution in [0, 0.1) is 0 Å². The predicted molar refractivity (Wildman–Crippen MR) is 98.7 cm³/mol. The molecule has 0 saturated heterocycles. The van der Waals surface area contributed by atoms with Gasteiger partial charge in [-0.3, -0.25) is 0 Å². The van der Waals surface area contributed by atoms with E-state index in [4.69, 9.17) is 4.74 Å². The first-order valence-corrected chi connectivity index (χ1v) is 8.54. The van der Waals surface area contributed by atoms with Gasteiger partial charge >= 0.3 is 0 Å². The first-order valence-electron chi connectivity index (χ1n) is 8.54. The van der Waals surface area contributed by atoms with E-state index in [0.29, 0.717) is 13.2 Å². The molecule has 0 fully saturated rings. The van der Waals surface area contributed by atoms with E-state index >= 15 is 0 Å². The quantitative estimate of drug-likeness (QED) is 0.745. The average Bonchev–Trinajstić information content (AvgIpc) is 2.99. The molecule has 1 N–H and O–H groups in total. The Morgan fingerprint density at radius 3 is 2.56 bits per heavy atom. The maximum absolute atomic E-state index is 5.78. The lowest BCUT2D eigenvalue weighted by atomic mass is 9.96. The Balaban J connectivity index is 1.62. The van der Waals surface area contributed by atoms with Gasteiger partial charge in [0.15, 0.2) is 11.5 Å². The van der Waals surface area contributed by atoms with Gasteiger partial charge in [-0.2, -0.15) is 4.52 Å². The Bertz CT molecular complexity index is 823. The molecule has 0 amide bonds. The number of aromatic nitrogens is 4. The molecular weight excluding hydrogens is 314 g/mol. The second-order valence-corrected chi connectivity index (χ2v) is 7.31. The summed E-state index contributed by atoms with van der Waals surface area (Å²) >= 11 is 0. The molecule has 0 spiro atoms. The van der Waals surface area contributed by atoms with E-state index in [1.807, 2.05) is 30.3 Å². The zero-order valence-electron chi connectivity index (χ0n) is 15.2. The van der Waals surface area contributed by atoms with Gasteiger partial charge in [0.2, 0.25) is 0 Å². The van der Waals surface area contributed by atoms with Crippen LogP contribution in [0.25, 0.3) is 5.65 Å². The monoisotopic (exact) mass is 339 g/mol. The summed E-state index contributed by atoms with van der Waals surface area (Å²) in [5.41, 5.74) is 1.81. The van der Waals surface area contributed by atoms with Crippen molar-refractivity contribution >= 4 is 11.5 Å². The Labute approximate surface area is 148 Å².